The lowest BCUT2D eigenvalue weighted by Crippen LogP contribution is -2.13. The molecule has 0 radical (unpaired) electrons. The second-order valence-corrected chi connectivity index (χ2v) is 8.67. The van der Waals surface area contributed by atoms with Crippen LogP contribution in [0.15, 0.2) is 66.3 Å². The standard InChI is InChI=1S/C25H22N6OS.C2H6.2H2/c1-15-9-11-31-22(12-15)27-17(3)23(31)21-14-33-25(30-21)28-19-7-4-6-18(13-19)24(32)29-20-8-5-10-26-16(20)2;1-2;;/h4-14H,1-3H3,(H,28,30)(H,29,32);1-2H3;2*1H. The Morgan fingerprint density at radius 1 is 1.00 bits per heavy atom. The smallest absolute Gasteiger partial charge is 0.255 e. The van der Waals surface area contributed by atoms with E-state index in [0.717, 1.165) is 39.2 Å². The molecule has 4 aromatic heterocycles. The van der Waals surface area contributed by atoms with Gasteiger partial charge >= 0.3 is 0 Å². The molecule has 0 fully saturated rings. The number of thiazole rings is 1. The van der Waals surface area contributed by atoms with Gasteiger partial charge in [-0.25, -0.2) is 9.97 Å². The van der Waals surface area contributed by atoms with Crippen molar-refractivity contribution in [2.45, 2.75) is 34.6 Å². The Balaban J connectivity index is 0.00000118. The van der Waals surface area contributed by atoms with Gasteiger partial charge in [-0.15, -0.1) is 11.3 Å². The van der Waals surface area contributed by atoms with Crippen molar-refractivity contribution in [2.75, 3.05) is 10.6 Å². The molecule has 182 valence electrons. The molecule has 5 aromatic rings. The molecule has 0 bridgehead atoms. The van der Waals surface area contributed by atoms with Crippen molar-refractivity contribution >= 4 is 39.4 Å². The van der Waals surface area contributed by atoms with Gasteiger partial charge in [0.15, 0.2) is 5.13 Å². The van der Waals surface area contributed by atoms with Crippen LogP contribution in [0.5, 0.6) is 0 Å². The fourth-order valence-electron chi connectivity index (χ4n) is 3.69. The fraction of sp³-hybridized carbons (Fsp3) is 0.185. The number of hydrogen-bond donors (Lipinski definition) is 2. The molecule has 1 amide bonds. The zero-order chi connectivity index (χ0) is 24.9. The zero-order valence-electron chi connectivity index (χ0n) is 20.5. The third kappa shape index (κ3) is 5.22. The average molecular weight is 489 g/mol. The first kappa shape index (κ1) is 24.1. The van der Waals surface area contributed by atoms with E-state index in [0.29, 0.717) is 11.3 Å². The molecule has 0 unspecified atom stereocenters. The average Bonchev–Trinajstić information content (AvgIpc) is 3.44. The third-order valence-corrected chi connectivity index (χ3v) is 6.09. The minimum absolute atomic E-state index is 0. The summed E-state index contributed by atoms with van der Waals surface area (Å²) in [6.45, 7) is 9.91. The summed E-state index contributed by atoms with van der Waals surface area (Å²) in [4.78, 5) is 26.4. The van der Waals surface area contributed by atoms with Crippen LogP contribution < -0.4 is 10.6 Å². The lowest BCUT2D eigenvalue weighted by atomic mass is 10.2. The van der Waals surface area contributed by atoms with Crippen molar-refractivity contribution < 1.29 is 7.65 Å². The van der Waals surface area contributed by atoms with Gasteiger partial charge in [-0.1, -0.05) is 19.9 Å². The predicted molar refractivity (Wildman–Crippen MR) is 148 cm³/mol. The molecule has 7 nitrogen and oxygen atoms in total. The number of pyridine rings is 2. The van der Waals surface area contributed by atoms with Crippen LogP contribution in [0.1, 0.15) is 44.0 Å². The number of carbonyl (C=O) groups excluding carboxylic acids is 1. The van der Waals surface area contributed by atoms with E-state index in [1.54, 1.807) is 18.3 Å². The number of imidazole rings is 1. The van der Waals surface area contributed by atoms with Gasteiger partial charge in [0, 0.05) is 31.9 Å². The third-order valence-electron chi connectivity index (χ3n) is 5.33. The van der Waals surface area contributed by atoms with Crippen LogP contribution in [0.2, 0.25) is 0 Å². The number of amides is 1. The maximum Gasteiger partial charge on any atom is 0.255 e. The molecule has 0 saturated heterocycles. The van der Waals surface area contributed by atoms with Crippen LogP contribution in [0.4, 0.5) is 16.5 Å². The molecule has 35 heavy (non-hydrogen) atoms. The summed E-state index contributed by atoms with van der Waals surface area (Å²) in [7, 11) is 0. The minimum atomic E-state index is -0.189. The lowest BCUT2D eigenvalue weighted by molar-refractivity contribution is 0.102. The highest BCUT2D eigenvalue weighted by Crippen LogP contribution is 2.30. The predicted octanol–water partition coefficient (Wildman–Crippen LogP) is 7.29. The van der Waals surface area contributed by atoms with Gasteiger partial charge in [-0.3, -0.25) is 14.2 Å². The number of anilines is 3. The fourth-order valence-corrected chi connectivity index (χ4v) is 4.40. The van der Waals surface area contributed by atoms with Gasteiger partial charge in [0.05, 0.1) is 22.8 Å². The molecule has 0 aliphatic heterocycles. The quantitative estimate of drug-likeness (QED) is 0.271. The molecule has 2 N–H and O–H groups in total. The number of rotatable bonds is 5. The van der Waals surface area contributed by atoms with Crippen LogP contribution in [0.3, 0.4) is 0 Å². The van der Waals surface area contributed by atoms with E-state index in [2.05, 4.69) is 44.1 Å². The van der Waals surface area contributed by atoms with Gasteiger partial charge in [-0.2, -0.15) is 0 Å². The van der Waals surface area contributed by atoms with Crippen molar-refractivity contribution in [3.05, 3.63) is 88.8 Å². The Morgan fingerprint density at radius 2 is 1.83 bits per heavy atom. The molecular weight excluding hydrogens is 456 g/mol. The van der Waals surface area contributed by atoms with E-state index in [9.17, 15) is 4.79 Å². The number of nitrogens with zero attached hydrogens (tertiary/aromatic N) is 4. The summed E-state index contributed by atoms with van der Waals surface area (Å²) in [5, 5.41) is 8.99. The molecule has 5 rings (SSSR count). The number of aromatic nitrogens is 4. The topological polar surface area (TPSA) is 84.2 Å². The number of nitrogens with one attached hydrogen (secondary N) is 2. The largest absolute Gasteiger partial charge is 0.332 e. The summed E-state index contributed by atoms with van der Waals surface area (Å²) in [5.41, 5.74) is 7.66. The molecule has 0 atom stereocenters. The maximum atomic E-state index is 12.7. The van der Waals surface area contributed by atoms with Crippen LogP contribution in [0, 0.1) is 20.8 Å². The van der Waals surface area contributed by atoms with E-state index in [1.807, 2.05) is 63.5 Å². The van der Waals surface area contributed by atoms with Crippen LogP contribution in [-0.2, 0) is 0 Å². The highest BCUT2D eigenvalue weighted by molar-refractivity contribution is 7.14. The number of carbonyl (C=O) groups is 1. The zero-order valence-corrected chi connectivity index (χ0v) is 21.3. The lowest BCUT2D eigenvalue weighted by Gasteiger charge is -2.09. The first-order valence-corrected chi connectivity index (χ1v) is 12.4. The van der Waals surface area contributed by atoms with E-state index in [1.165, 1.54) is 16.9 Å². The summed E-state index contributed by atoms with van der Waals surface area (Å²) in [5.74, 6) is -0.189. The van der Waals surface area contributed by atoms with Crippen LogP contribution in [0.25, 0.3) is 17.0 Å². The normalized spacial score (nSPS) is 10.5. The van der Waals surface area contributed by atoms with Crippen LogP contribution >= 0.6 is 11.3 Å². The Morgan fingerprint density at radius 3 is 2.63 bits per heavy atom. The van der Waals surface area contributed by atoms with Crippen molar-refractivity contribution in [1.29, 1.82) is 0 Å². The Bertz CT molecular complexity index is 1500. The molecule has 4 heterocycles. The van der Waals surface area contributed by atoms with Gasteiger partial charge in [0.1, 0.15) is 11.3 Å². The molecule has 1 aromatic carbocycles. The SMILES string of the molecule is CC.Cc1ccn2c(-c3csc(Nc4cccc(C(=O)Nc5cccnc5C)c4)n3)c(C)nc2c1.[HH].[HH]. The summed E-state index contributed by atoms with van der Waals surface area (Å²) >= 11 is 1.51. The first-order chi connectivity index (χ1) is 17.0. The highest BCUT2D eigenvalue weighted by atomic mass is 32.1. The van der Waals surface area contributed by atoms with E-state index < -0.39 is 0 Å². The summed E-state index contributed by atoms with van der Waals surface area (Å²) in [6, 6.07) is 15.1. The molecule has 8 heteroatoms. The maximum absolute atomic E-state index is 12.7. The molecule has 0 saturated carbocycles. The Kier molecular flexibility index (Phi) is 7.22. The minimum Gasteiger partial charge on any atom is -0.332 e. The summed E-state index contributed by atoms with van der Waals surface area (Å²) in [6.07, 6.45) is 3.73. The van der Waals surface area contributed by atoms with E-state index >= 15 is 0 Å². The summed E-state index contributed by atoms with van der Waals surface area (Å²) < 4.78 is 2.06. The van der Waals surface area contributed by atoms with Crippen molar-refractivity contribution in [2.24, 2.45) is 0 Å². The number of benzene rings is 1. The van der Waals surface area contributed by atoms with Crippen molar-refractivity contribution in [3.8, 4) is 11.4 Å². The Hall–Kier alpha value is -4.04. The van der Waals surface area contributed by atoms with Crippen LogP contribution in [-0.4, -0.2) is 25.3 Å². The van der Waals surface area contributed by atoms with Gasteiger partial charge < -0.3 is 10.6 Å². The second-order valence-electron chi connectivity index (χ2n) is 7.81. The Labute approximate surface area is 211 Å². The van der Waals surface area contributed by atoms with Gasteiger partial charge in [0.25, 0.3) is 5.91 Å². The highest BCUT2D eigenvalue weighted by Gasteiger charge is 2.15. The second kappa shape index (κ2) is 10.5. The number of hydrogen-bond acceptors (Lipinski definition) is 6. The van der Waals surface area contributed by atoms with E-state index in [4.69, 9.17) is 4.98 Å². The molecule has 0 aliphatic rings. The van der Waals surface area contributed by atoms with Crippen molar-refractivity contribution in [1.82, 2.24) is 19.4 Å². The molecule has 0 spiro atoms. The number of aryl methyl sites for hydroxylation is 3. The van der Waals surface area contributed by atoms with E-state index in [-0.39, 0.29) is 8.76 Å². The van der Waals surface area contributed by atoms with Gasteiger partial charge in [0.2, 0.25) is 0 Å². The monoisotopic (exact) mass is 488 g/mol. The van der Waals surface area contributed by atoms with Crippen molar-refractivity contribution in [3.63, 3.8) is 0 Å². The van der Waals surface area contributed by atoms with Gasteiger partial charge in [-0.05, 0) is 68.8 Å². The number of fused-ring (bicyclic) bond motifs is 1. The molecule has 0 aliphatic carbocycles. The molecular formula is C27H32N6OS. The first-order valence-electron chi connectivity index (χ1n) is 11.5.